The van der Waals surface area contributed by atoms with Crippen LogP contribution in [0.1, 0.15) is 63.1 Å². The third-order valence-corrected chi connectivity index (χ3v) is 10.1. The summed E-state index contributed by atoms with van der Waals surface area (Å²) in [7, 11) is 0. The molecule has 0 unspecified atom stereocenters. The van der Waals surface area contributed by atoms with Crippen molar-refractivity contribution >= 4 is 22.8 Å². The number of hydrogen-bond donors (Lipinski definition) is 0. The highest BCUT2D eigenvalue weighted by molar-refractivity contribution is 6.15. The Morgan fingerprint density at radius 1 is 0.465 bits per heavy atom. The Morgan fingerprint density at radius 3 is 1.77 bits per heavy atom. The molecular formula is C41H29NO. The second kappa shape index (κ2) is 8.42. The molecule has 9 rings (SSSR count). The molecule has 3 aliphatic rings. The predicted molar refractivity (Wildman–Crippen MR) is 174 cm³/mol. The van der Waals surface area contributed by atoms with Gasteiger partial charge in [0.2, 0.25) is 0 Å². The highest BCUT2D eigenvalue weighted by Crippen LogP contribution is 2.64. The van der Waals surface area contributed by atoms with Crippen molar-refractivity contribution in [2.24, 2.45) is 0 Å². The Morgan fingerprint density at radius 2 is 1.05 bits per heavy atom. The van der Waals surface area contributed by atoms with Crippen LogP contribution in [0.3, 0.4) is 0 Å². The summed E-state index contributed by atoms with van der Waals surface area (Å²) in [6.45, 7) is 4.68. The Balaban J connectivity index is 1.50. The van der Waals surface area contributed by atoms with E-state index in [0.717, 1.165) is 27.9 Å². The number of fused-ring (bicyclic) bond motifs is 10. The molecule has 1 aliphatic carbocycles. The molecule has 0 radical (unpaired) electrons. The van der Waals surface area contributed by atoms with Crippen LogP contribution in [0.2, 0.25) is 0 Å². The maximum absolute atomic E-state index is 14.1. The lowest BCUT2D eigenvalue weighted by Crippen LogP contribution is -2.44. The summed E-state index contributed by atoms with van der Waals surface area (Å²) in [4.78, 5) is 16.6. The number of rotatable bonds is 1. The normalized spacial score (nSPS) is 16.0. The minimum atomic E-state index is -0.657. The van der Waals surface area contributed by atoms with Gasteiger partial charge in [0.15, 0.2) is 5.78 Å². The summed E-state index contributed by atoms with van der Waals surface area (Å²) < 4.78 is 0. The van der Waals surface area contributed by atoms with E-state index < -0.39 is 5.41 Å². The summed E-state index contributed by atoms with van der Waals surface area (Å²) in [5.74, 6) is 0.0946. The number of ketones is 1. The van der Waals surface area contributed by atoms with Gasteiger partial charge in [-0.25, -0.2) is 0 Å². The fourth-order valence-corrected chi connectivity index (χ4v) is 8.18. The van der Waals surface area contributed by atoms with E-state index in [1.165, 1.54) is 44.8 Å². The van der Waals surface area contributed by atoms with Crippen molar-refractivity contribution in [1.29, 1.82) is 0 Å². The lowest BCUT2D eigenvalue weighted by molar-refractivity contribution is 0.103. The summed E-state index contributed by atoms with van der Waals surface area (Å²) in [5.41, 5.74) is 13.8. The van der Waals surface area contributed by atoms with E-state index in [2.05, 4.69) is 134 Å². The number of anilines is 3. The first-order valence-corrected chi connectivity index (χ1v) is 15.0. The van der Waals surface area contributed by atoms with E-state index in [9.17, 15) is 4.79 Å². The average Bonchev–Trinajstić information content (AvgIpc) is 3.06. The Hall–Kier alpha value is -5.21. The van der Waals surface area contributed by atoms with Crippen LogP contribution >= 0.6 is 0 Å². The molecule has 2 aliphatic heterocycles. The van der Waals surface area contributed by atoms with Crippen molar-refractivity contribution in [3.8, 4) is 11.1 Å². The maximum atomic E-state index is 14.1. The molecule has 6 aromatic carbocycles. The first-order chi connectivity index (χ1) is 21.0. The SMILES string of the molecule is CC1(C)c2ccccc2N2c3cc(-c4ccccc4)ccc3C3(c4ccccc4C(=O)c4ccccc43)c3cccc1c32. The van der Waals surface area contributed by atoms with Crippen molar-refractivity contribution in [2.75, 3.05) is 4.90 Å². The molecule has 0 saturated heterocycles. The minimum absolute atomic E-state index is 0.0946. The summed E-state index contributed by atoms with van der Waals surface area (Å²) in [6, 6.07) is 49.7. The van der Waals surface area contributed by atoms with Gasteiger partial charge in [-0.1, -0.05) is 141 Å². The fraction of sp³-hybridized carbons (Fsp3) is 0.0976. The number of benzene rings is 6. The van der Waals surface area contributed by atoms with E-state index in [0.29, 0.717) is 0 Å². The van der Waals surface area contributed by atoms with Crippen molar-refractivity contribution in [2.45, 2.75) is 24.7 Å². The number of hydrogen-bond acceptors (Lipinski definition) is 2. The smallest absolute Gasteiger partial charge is 0.193 e. The second-order valence-electron chi connectivity index (χ2n) is 12.4. The van der Waals surface area contributed by atoms with Gasteiger partial charge in [-0.3, -0.25) is 4.79 Å². The molecule has 0 N–H and O–H groups in total. The quantitative estimate of drug-likeness (QED) is 0.202. The zero-order valence-corrected chi connectivity index (χ0v) is 24.1. The van der Waals surface area contributed by atoms with E-state index in [4.69, 9.17) is 0 Å². The lowest BCUT2D eigenvalue weighted by Gasteiger charge is -2.53. The zero-order chi connectivity index (χ0) is 28.9. The van der Waals surface area contributed by atoms with E-state index in [-0.39, 0.29) is 11.2 Å². The van der Waals surface area contributed by atoms with Gasteiger partial charge in [-0.05, 0) is 56.6 Å². The zero-order valence-electron chi connectivity index (χ0n) is 24.1. The van der Waals surface area contributed by atoms with Gasteiger partial charge in [0.1, 0.15) is 0 Å². The maximum Gasteiger partial charge on any atom is 0.193 e. The van der Waals surface area contributed by atoms with E-state index >= 15 is 0 Å². The molecule has 0 atom stereocenters. The first-order valence-electron chi connectivity index (χ1n) is 15.0. The van der Waals surface area contributed by atoms with Crippen LogP contribution in [0.4, 0.5) is 17.1 Å². The van der Waals surface area contributed by atoms with Crippen LogP contribution in [0.25, 0.3) is 11.1 Å². The van der Waals surface area contributed by atoms with Crippen LogP contribution in [0, 0.1) is 0 Å². The predicted octanol–water partition coefficient (Wildman–Crippen LogP) is 9.70. The largest absolute Gasteiger partial charge is 0.309 e. The molecule has 2 nitrogen and oxygen atoms in total. The van der Waals surface area contributed by atoms with Crippen LogP contribution in [-0.4, -0.2) is 5.78 Å². The summed E-state index contributed by atoms with van der Waals surface area (Å²) in [6.07, 6.45) is 0. The monoisotopic (exact) mass is 551 g/mol. The molecule has 0 saturated carbocycles. The molecule has 2 heterocycles. The van der Waals surface area contributed by atoms with E-state index in [1.807, 2.05) is 24.3 Å². The number of para-hydroxylation sites is 2. The molecule has 0 aromatic heterocycles. The number of nitrogens with zero attached hydrogens (tertiary/aromatic N) is 1. The molecule has 43 heavy (non-hydrogen) atoms. The topological polar surface area (TPSA) is 20.3 Å². The molecule has 6 aromatic rings. The second-order valence-corrected chi connectivity index (χ2v) is 12.4. The van der Waals surface area contributed by atoms with Crippen molar-refractivity contribution in [1.82, 2.24) is 0 Å². The average molecular weight is 552 g/mol. The Labute approximate surface area is 251 Å². The van der Waals surface area contributed by atoms with Gasteiger partial charge in [0, 0.05) is 16.5 Å². The Kier molecular flexibility index (Phi) is 4.78. The third kappa shape index (κ3) is 2.95. The molecule has 204 valence electrons. The van der Waals surface area contributed by atoms with Gasteiger partial charge in [-0.15, -0.1) is 0 Å². The molecule has 0 bridgehead atoms. The van der Waals surface area contributed by atoms with Crippen LogP contribution < -0.4 is 4.90 Å². The molecule has 0 fully saturated rings. The lowest BCUT2D eigenvalue weighted by atomic mass is 9.56. The van der Waals surface area contributed by atoms with Gasteiger partial charge in [0.05, 0.1) is 22.5 Å². The molecule has 2 heteroatoms. The third-order valence-electron chi connectivity index (χ3n) is 10.1. The van der Waals surface area contributed by atoms with Gasteiger partial charge >= 0.3 is 0 Å². The highest BCUT2D eigenvalue weighted by atomic mass is 16.1. The summed E-state index contributed by atoms with van der Waals surface area (Å²) in [5, 5.41) is 0. The minimum Gasteiger partial charge on any atom is -0.309 e. The molecule has 0 amide bonds. The highest BCUT2D eigenvalue weighted by Gasteiger charge is 2.54. The number of carbonyl (C=O) groups is 1. The van der Waals surface area contributed by atoms with Gasteiger partial charge in [0.25, 0.3) is 0 Å². The van der Waals surface area contributed by atoms with Crippen LogP contribution in [0.15, 0.2) is 140 Å². The van der Waals surface area contributed by atoms with Crippen LogP contribution in [-0.2, 0) is 10.8 Å². The summed E-state index contributed by atoms with van der Waals surface area (Å²) >= 11 is 0. The van der Waals surface area contributed by atoms with Crippen molar-refractivity contribution in [3.63, 3.8) is 0 Å². The van der Waals surface area contributed by atoms with Gasteiger partial charge < -0.3 is 4.90 Å². The first kappa shape index (κ1) is 24.4. The van der Waals surface area contributed by atoms with Crippen LogP contribution in [0.5, 0.6) is 0 Å². The molecule has 1 spiro atoms. The Bertz CT molecular complexity index is 2090. The van der Waals surface area contributed by atoms with Gasteiger partial charge in [-0.2, -0.15) is 0 Å². The van der Waals surface area contributed by atoms with Crippen molar-refractivity contribution < 1.29 is 4.79 Å². The fourth-order valence-electron chi connectivity index (χ4n) is 8.18. The standard InChI is InChI=1S/C41H29NO/c1-40(2)32-19-10-11-22-36(32)42-37-25-27(26-13-4-3-5-14-26)23-24-33(37)41(35-21-12-20-34(40)38(35)42)30-17-8-6-15-28(30)39(43)29-16-7-9-18-31(29)41/h3-25H,1-2H3. The number of carbonyl (C=O) groups excluding carboxylic acids is 1. The molecular weight excluding hydrogens is 522 g/mol. The van der Waals surface area contributed by atoms with Crippen molar-refractivity contribution in [3.05, 3.63) is 184 Å². The van der Waals surface area contributed by atoms with E-state index in [1.54, 1.807) is 0 Å².